The fraction of sp³-hybridized carbons (Fsp3) is 0.143. The Balaban J connectivity index is 2.15. The van der Waals surface area contributed by atoms with E-state index in [1.54, 1.807) is 14.2 Å². The summed E-state index contributed by atoms with van der Waals surface area (Å²) in [4.78, 5) is 0. The number of hydrogen-bond donors (Lipinski definition) is 0. The lowest BCUT2D eigenvalue weighted by atomic mass is 10.1. The molecule has 0 spiro atoms. The third kappa shape index (κ3) is 2.05. The van der Waals surface area contributed by atoms with Gasteiger partial charge >= 0.3 is 0 Å². The Kier molecular flexibility index (Phi) is 3.42. The van der Waals surface area contributed by atoms with Crippen molar-refractivity contribution in [1.29, 1.82) is 0 Å². The van der Waals surface area contributed by atoms with Crippen LogP contribution in [0.15, 0.2) is 60.7 Å². The number of aryl methyl sites for hydroxylation is 1. The van der Waals surface area contributed by atoms with Crippen molar-refractivity contribution in [2.24, 2.45) is 0 Å². The number of ether oxygens (including phenoxy) is 2. The van der Waals surface area contributed by atoms with Gasteiger partial charge in [-0.3, -0.25) is 0 Å². The van der Waals surface area contributed by atoms with E-state index in [1.807, 2.05) is 24.3 Å². The van der Waals surface area contributed by atoms with Gasteiger partial charge in [-0.15, -0.1) is 0 Å². The van der Waals surface area contributed by atoms with Gasteiger partial charge in [-0.05, 0) is 55.0 Å². The minimum absolute atomic E-state index is 0.855. The maximum absolute atomic E-state index is 5.64. The monoisotopic (exact) mass is 317 g/mol. The Morgan fingerprint density at radius 1 is 0.708 bits per heavy atom. The lowest BCUT2D eigenvalue weighted by Crippen LogP contribution is -1.94. The lowest BCUT2D eigenvalue weighted by molar-refractivity contribution is 0.415. The molecular weight excluding hydrogens is 298 g/mol. The number of hydrogen-bond acceptors (Lipinski definition) is 2. The van der Waals surface area contributed by atoms with Gasteiger partial charge in [-0.25, -0.2) is 0 Å². The zero-order valence-electron chi connectivity index (χ0n) is 14.0. The quantitative estimate of drug-likeness (QED) is 0.524. The van der Waals surface area contributed by atoms with Gasteiger partial charge in [0.05, 0.1) is 30.6 Å². The summed E-state index contributed by atoms with van der Waals surface area (Å²) in [5, 5.41) is 2.39. The Hall–Kier alpha value is -2.94. The maximum Gasteiger partial charge on any atom is 0.128 e. The summed E-state index contributed by atoms with van der Waals surface area (Å²) in [6, 6.07) is 20.7. The molecule has 0 amide bonds. The summed E-state index contributed by atoms with van der Waals surface area (Å²) >= 11 is 0. The highest BCUT2D eigenvalue weighted by molar-refractivity contribution is 6.13. The first-order valence-electron chi connectivity index (χ1n) is 7.95. The van der Waals surface area contributed by atoms with Crippen LogP contribution in [0.3, 0.4) is 0 Å². The smallest absolute Gasteiger partial charge is 0.128 e. The molecule has 3 heteroatoms. The summed E-state index contributed by atoms with van der Waals surface area (Å²) < 4.78 is 13.2. The van der Waals surface area contributed by atoms with Crippen molar-refractivity contribution in [3.05, 3.63) is 66.2 Å². The normalized spacial score (nSPS) is 11.1. The molecule has 0 radical (unpaired) electrons. The number of methoxy groups -OCH3 is 2. The largest absolute Gasteiger partial charge is 0.497 e. The molecule has 0 aliphatic heterocycles. The molecular formula is C21H19NO2. The zero-order chi connectivity index (χ0) is 16.7. The Labute approximate surface area is 141 Å². The second kappa shape index (κ2) is 5.60. The molecule has 3 nitrogen and oxygen atoms in total. The number of aromatic nitrogens is 1. The highest BCUT2D eigenvalue weighted by Crippen LogP contribution is 2.39. The number of fused-ring (bicyclic) bond motifs is 3. The van der Waals surface area contributed by atoms with Gasteiger partial charge in [0.15, 0.2) is 0 Å². The molecule has 0 atom stereocenters. The van der Waals surface area contributed by atoms with Gasteiger partial charge < -0.3 is 14.0 Å². The number of benzene rings is 3. The van der Waals surface area contributed by atoms with Crippen molar-refractivity contribution >= 4 is 21.8 Å². The van der Waals surface area contributed by atoms with Crippen LogP contribution in [0.1, 0.15) is 5.56 Å². The topological polar surface area (TPSA) is 23.4 Å². The number of rotatable bonds is 3. The van der Waals surface area contributed by atoms with Crippen LogP contribution in [-0.4, -0.2) is 18.8 Å². The first-order chi connectivity index (χ1) is 11.7. The molecule has 0 N–H and O–H groups in total. The van der Waals surface area contributed by atoms with E-state index >= 15 is 0 Å². The molecule has 120 valence electrons. The highest BCUT2D eigenvalue weighted by atomic mass is 16.5. The van der Waals surface area contributed by atoms with Crippen molar-refractivity contribution in [1.82, 2.24) is 4.57 Å². The van der Waals surface area contributed by atoms with Gasteiger partial charge in [-0.1, -0.05) is 18.2 Å². The molecule has 0 unspecified atom stereocenters. The minimum atomic E-state index is 0.855. The fourth-order valence-electron chi connectivity index (χ4n) is 3.43. The third-order valence-electron chi connectivity index (χ3n) is 4.54. The molecule has 0 saturated carbocycles. The molecule has 4 rings (SSSR count). The van der Waals surface area contributed by atoms with E-state index in [0.717, 1.165) is 28.1 Å². The van der Waals surface area contributed by atoms with Gasteiger partial charge in [0.2, 0.25) is 0 Å². The maximum atomic E-state index is 5.64. The molecule has 0 bridgehead atoms. The van der Waals surface area contributed by atoms with Gasteiger partial charge in [0.25, 0.3) is 0 Å². The fourth-order valence-corrected chi connectivity index (χ4v) is 3.43. The van der Waals surface area contributed by atoms with Crippen LogP contribution in [0.5, 0.6) is 11.5 Å². The van der Waals surface area contributed by atoms with Gasteiger partial charge in [0.1, 0.15) is 11.5 Å². The van der Waals surface area contributed by atoms with E-state index < -0.39 is 0 Å². The van der Waals surface area contributed by atoms with Crippen LogP contribution >= 0.6 is 0 Å². The second-order valence-electron chi connectivity index (χ2n) is 5.86. The Morgan fingerprint density at radius 3 is 2.04 bits per heavy atom. The molecule has 0 aliphatic rings. The van der Waals surface area contributed by atoms with Crippen molar-refractivity contribution in [3.8, 4) is 17.2 Å². The molecule has 0 fully saturated rings. The predicted octanol–water partition coefficient (Wildman–Crippen LogP) is 5.11. The van der Waals surface area contributed by atoms with E-state index in [-0.39, 0.29) is 0 Å². The van der Waals surface area contributed by atoms with E-state index in [0.29, 0.717) is 0 Å². The van der Waals surface area contributed by atoms with Crippen LogP contribution in [0.2, 0.25) is 0 Å². The van der Waals surface area contributed by atoms with Crippen LogP contribution in [0.4, 0.5) is 0 Å². The third-order valence-corrected chi connectivity index (χ3v) is 4.54. The van der Waals surface area contributed by atoms with Crippen LogP contribution < -0.4 is 9.47 Å². The average Bonchev–Trinajstić information content (AvgIpc) is 2.97. The average molecular weight is 317 g/mol. The Morgan fingerprint density at radius 2 is 1.38 bits per heavy atom. The van der Waals surface area contributed by atoms with Crippen molar-refractivity contribution in [3.63, 3.8) is 0 Å². The number of nitrogens with zero attached hydrogens (tertiary/aromatic N) is 1. The first-order valence-corrected chi connectivity index (χ1v) is 7.95. The lowest BCUT2D eigenvalue weighted by Gasteiger charge is -2.09. The van der Waals surface area contributed by atoms with E-state index in [9.17, 15) is 0 Å². The molecule has 4 aromatic rings. The Bertz CT molecular complexity index is 1030. The summed E-state index contributed by atoms with van der Waals surface area (Å²) in [6.07, 6.45) is 0. The first kappa shape index (κ1) is 14.6. The van der Waals surface area contributed by atoms with Crippen molar-refractivity contribution in [2.75, 3.05) is 14.2 Å². The van der Waals surface area contributed by atoms with Crippen LogP contribution in [-0.2, 0) is 0 Å². The van der Waals surface area contributed by atoms with Crippen molar-refractivity contribution in [2.45, 2.75) is 6.92 Å². The van der Waals surface area contributed by atoms with Crippen molar-refractivity contribution < 1.29 is 9.47 Å². The second-order valence-corrected chi connectivity index (χ2v) is 5.86. The molecule has 0 saturated heterocycles. The molecule has 1 aromatic heterocycles. The SMILES string of the molecule is COc1ccc(-n2c3cccc(C)c3c3c(OC)cccc32)cc1. The molecule has 0 aliphatic carbocycles. The summed E-state index contributed by atoms with van der Waals surface area (Å²) in [5.74, 6) is 1.76. The minimum Gasteiger partial charge on any atom is -0.497 e. The zero-order valence-corrected chi connectivity index (χ0v) is 14.0. The van der Waals surface area contributed by atoms with Gasteiger partial charge in [0, 0.05) is 11.1 Å². The van der Waals surface area contributed by atoms with E-state index in [2.05, 4.69) is 47.9 Å². The summed E-state index contributed by atoms with van der Waals surface area (Å²) in [7, 11) is 3.41. The summed E-state index contributed by atoms with van der Waals surface area (Å²) in [6.45, 7) is 2.15. The summed E-state index contributed by atoms with van der Waals surface area (Å²) in [5.41, 5.74) is 4.67. The van der Waals surface area contributed by atoms with Crippen LogP contribution in [0.25, 0.3) is 27.5 Å². The highest BCUT2D eigenvalue weighted by Gasteiger charge is 2.16. The molecule has 3 aromatic carbocycles. The molecule has 1 heterocycles. The van der Waals surface area contributed by atoms with Crippen LogP contribution in [0, 0.1) is 6.92 Å². The van der Waals surface area contributed by atoms with E-state index in [4.69, 9.17) is 9.47 Å². The molecule has 24 heavy (non-hydrogen) atoms. The van der Waals surface area contributed by atoms with E-state index in [1.165, 1.54) is 16.5 Å². The van der Waals surface area contributed by atoms with Gasteiger partial charge in [-0.2, -0.15) is 0 Å². The standard InChI is InChI=1S/C21H19NO2/c1-14-6-4-7-17-20(14)21-18(8-5-9-19(21)24-3)22(17)15-10-12-16(23-2)13-11-15/h4-13H,1-3H3. The predicted molar refractivity (Wildman–Crippen MR) is 98.6 cm³/mol.